The summed E-state index contributed by atoms with van der Waals surface area (Å²) in [6.07, 6.45) is 3.20. The Bertz CT molecular complexity index is 147. The van der Waals surface area contributed by atoms with Crippen LogP contribution in [0.1, 0.15) is 13.3 Å². The van der Waals surface area contributed by atoms with Crippen molar-refractivity contribution in [3.63, 3.8) is 0 Å². The molecule has 3 nitrogen and oxygen atoms in total. The maximum absolute atomic E-state index is 10.2. The molecule has 0 rings (SSSR count). The first-order valence-electron chi connectivity index (χ1n) is 2.77. The average Bonchev–Trinajstić information content (AvgIpc) is 1.79. The highest BCUT2D eigenvalue weighted by atomic mass is 32.1. The third-order valence-corrected chi connectivity index (χ3v) is 0.879. The summed E-state index contributed by atoms with van der Waals surface area (Å²) in [6.45, 7) is 1.40. The van der Waals surface area contributed by atoms with Gasteiger partial charge in [-0.25, -0.2) is 0 Å². The van der Waals surface area contributed by atoms with Crippen LogP contribution in [0.5, 0.6) is 0 Å². The van der Waals surface area contributed by atoms with Gasteiger partial charge in [-0.3, -0.25) is 9.59 Å². The molecule has 0 aromatic carbocycles. The van der Waals surface area contributed by atoms with Crippen LogP contribution in [0, 0.1) is 0 Å². The molecular formula is C6H9NO2S. The van der Waals surface area contributed by atoms with Gasteiger partial charge in [0.15, 0.2) is 5.12 Å². The first kappa shape index (κ1) is 9.23. The molecule has 4 heteroatoms. The van der Waals surface area contributed by atoms with Crippen molar-refractivity contribution in [2.75, 3.05) is 0 Å². The highest BCUT2D eigenvalue weighted by Crippen LogP contribution is 1.87. The first-order chi connectivity index (χ1) is 4.63. The lowest BCUT2D eigenvalue weighted by molar-refractivity contribution is -0.118. The quantitative estimate of drug-likeness (QED) is 0.588. The molecule has 0 atom stereocenters. The van der Waals surface area contributed by atoms with Gasteiger partial charge in [0.25, 0.3) is 0 Å². The van der Waals surface area contributed by atoms with E-state index in [1.54, 1.807) is 0 Å². The molecule has 0 radical (unpaired) electrons. The minimum Gasteiger partial charge on any atom is -0.333 e. The van der Waals surface area contributed by atoms with Gasteiger partial charge in [0.05, 0.1) is 0 Å². The number of thiol groups is 1. The lowest BCUT2D eigenvalue weighted by Gasteiger charge is -1.88. The molecule has 0 unspecified atom stereocenters. The Morgan fingerprint density at radius 1 is 1.60 bits per heavy atom. The molecule has 0 aromatic heterocycles. The van der Waals surface area contributed by atoms with Crippen molar-refractivity contribution in [1.29, 1.82) is 0 Å². The molecule has 0 saturated carbocycles. The van der Waals surface area contributed by atoms with Crippen molar-refractivity contribution >= 4 is 23.7 Å². The highest BCUT2D eigenvalue weighted by Gasteiger charge is 1.86. The van der Waals surface area contributed by atoms with Gasteiger partial charge in [-0.1, -0.05) is 6.08 Å². The third-order valence-electron chi connectivity index (χ3n) is 0.697. The van der Waals surface area contributed by atoms with Crippen LogP contribution in [0.3, 0.4) is 0 Å². The average molecular weight is 159 g/mol. The lowest BCUT2D eigenvalue weighted by atomic mass is 10.4. The predicted molar refractivity (Wildman–Crippen MR) is 41.6 cm³/mol. The second kappa shape index (κ2) is 5.05. The van der Waals surface area contributed by atoms with Gasteiger partial charge in [0.2, 0.25) is 5.91 Å². The number of carbonyl (C=O) groups excluding carboxylic acids is 2. The van der Waals surface area contributed by atoms with Crippen LogP contribution < -0.4 is 5.32 Å². The summed E-state index contributed by atoms with van der Waals surface area (Å²) in [5.41, 5.74) is 0. The van der Waals surface area contributed by atoms with Crippen molar-refractivity contribution in [2.24, 2.45) is 0 Å². The van der Waals surface area contributed by atoms with Gasteiger partial charge in [0, 0.05) is 19.5 Å². The van der Waals surface area contributed by atoms with Gasteiger partial charge >= 0.3 is 0 Å². The van der Waals surface area contributed by atoms with E-state index in [1.165, 1.54) is 19.2 Å². The van der Waals surface area contributed by atoms with E-state index in [1.807, 2.05) is 0 Å². The van der Waals surface area contributed by atoms with Crippen LogP contribution in [0.2, 0.25) is 0 Å². The van der Waals surface area contributed by atoms with Crippen molar-refractivity contribution in [3.05, 3.63) is 12.3 Å². The highest BCUT2D eigenvalue weighted by molar-refractivity contribution is 7.96. The lowest BCUT2D eigenvalue weighted by Crippen LogP contribution is -2.11. The summed E-state index contributed by atoms with van der Waals surface area (Å²) in [4.78, 5) is 20.4. The normalized spacial score (nSPS) is 9.80. The Morgan fingerprint density at radius 3 is 2.60 bits per heavy atom. The molecule has 0 saturated heterocycles. The molecule has 1 N–H and O–H groups in total. The standard InChI is InChI=1S/C6H9NO2S/c1-5(8)7-4-2-3-6(9)10/h2,4H,3H2,1H3,(H,7,8)(H,9,10). The van der Waals surface area contributed by atoms with E-state index in [0.717, 1.165) is 0 Å². The Labute approximate surface area is 64.9 Å². The predicted octanol–water partition coefficient (Wildman–Crippen LogP) is 0.483. The second-order valence-electron chi connectivity index (χ2n) is 1.70. The van der Waals surface area contributed by atoms with E-state index >= 15 is 0 Å². The van der Waals surface area contributed by atoms with Gasteiger partial charge in [-0.15, -0.1) is 12.6 Å². The third kappa shape index (κ3) is 7.23. The van der Waals surface area contributed by atoms with Crippen LogP contribution in [0.25, 0.3) is 0 Å². The van der Waals surface area contributed by atoms with E-state index < -0.39 is 0 Å². The summed E-state index contributed by atoms with van der Waals surface area (Å²) < 4.78 is 0. The van der Waals surface area contributed by atoms with Crippen LogP contribution in [0.15, 0.2) is 12.3 Å². The van der Waals surface area contributed by atoms with Crippen molar-refractivity contribution in [3.8, 4) is 0 Å². The molecule has 0 fully saturated rings. The molecule has 0 aliphatic heterocycles. The summed E-state index contributed by atoms with van der Waals surface area (Å²) in [5.74, 6) is -0.150. The SMILES string of the molecule is CC(=O)NC=CCC(=O)S. The van der Waals surface area contributed by atoms with Gasteiger partial charge < -0.3 is 5.32 Å². The summed E-state index contributed by atoms with van der Waals surface area (Å²) >= 11 is 3.52. The molecule has 0 spiro atoms. The molecule has 0 aliphatic rings. The molecule has 0 bridgehead atoms. The Morgan fingerprint density at radius 2 is 2.20 bits per heavy atom. The van der Waals surface area contributed by atoms with E-state index in [0.29, 0.717) is 0 Å². The number of allylic oxidation sites excluding steroid dienone is 1. The number of hydrogen-bond donors (Lipinski definition) is 2. The largest absolute Gasteiger partial charge is 0.333 e. The number of hydrogen-bond acceptors (Lipinski definition) is 2. The zero-order valence-corrected chi connectivity index (χ0v) is 6.52. The fourth-order valence-electron chi connectivity index (χ4n) is 0.336. The fourth-order valence-corrected chi connectivity index (χ4v) is 0.441. The summed E-state index contributed by atoms with van der Waals surface area (Å²) in [5, 5.41) is 2.17. The Hall–Kier alpha value is -0.770. The zero-order chi connectivity index (χ0) is 7.98. The van der Waals surface area contributed by atoms with E-state index in [2.05, 4.69) is 17.9 Å². The zero-order valence-electron chi connectivity index (χ0n) is 5.63. The molecular weight excluding hydrogens is 150 g/mol. The second-order valence-corrected chi connectivity index (χ2v) is 2.20. The molecule has 0 aliphatic carbocycles. The Kier molecular flexibility index (Phi) is 4.66. The fraction of sp³-hybridized carbons (Fsp3) is 0.333. The number of rotatable bonds is 3. The van der Waals surface area contributed by atoms with Crippen LogP contribution in [-0.2, 0) is 9.59 Å². The van der Waals surface area contributed by atoms with Gasteiger partial charge in [0.1, 0.15) is 0 Å². The summed E-state index contributed by atoms with van der Waals surface area (Å²) in [7, 11) is 0. The van der Waals surface area contributed by atoms with E-state index in [9.17, 15) is 9.59 Å². The van der Waals surface area contributed by atoms with E-state index in [4.69, 9.17) is 0 Å². The van der Waals surface area contributed by atoms with Crippen LogP contribution >= 0.6 is 12.6 Å². The molecule has 0 heterocycles. The number of carbonyl (C=O) groups is 2. The first-order valence-corrected chi connectivity index (χ1v) is 3.21. The van der Waals surface area contributed by atoms with E-state index in [-0.39, 0.29) is 17.4 Å². The van der Waals surface area contributed by atoms with Gasteiger partial charge in [-0.05, 0) is 0 Å². The molecule has 56 valence electrons. The maximum Gasteiger partial charge on any atom is 0.220 e. The topological polar surface area (TPSA) is 46.2 Å². The Balaban J connectivity index is 3.38. The minimum absolute atomic E-state index is 0.150. The molecule has 1 amide bonds. The van der Waals surface area contributed by atoms with Crippen molar-refractivity contribution in [1.82, 2.24) is 5.32 Å². The number of nitrogens with one attached hydrogen (secondary N) is 1. The van der Waals surface area contributed by atoms with Crippen molar-refractivity contribution < 1.29 is 9.59 Å². The monoisotopic (exact) mass is 159 g/mol. The molecule has 0 aromatic rings. The molecule has 10 heavy (non-hydrogen) atoms. The van der Waals surface area contributed by atoms with Crippen molar-refractivity contribution in [2.45, 2.75) is 13.3 Å². The summed E-state index contributed by atoms with van der Waals surface area (Å²) in [6, 6.07) is 0. The smallest absolute Gasteiger partial charge is 0.220 e. The van der Waals surface area contributed by atoms with Crippen LogP contribution in [-0.4, -0.2) is 11.0 Å². The van der Waals surface area contributed by atoms with Gasteiger partial charge in [-0.2, -0.15) is 0 Å². The van der Waals surface area contributed by atoms with Crippen LogP contribution in [0.4, 0.5) is 0 Å². The number of amides is 1. The maximum atomic E-state index is 10.2. The minimum atomic E-state index is -0.221.